The first-order valence-electron chi connectivity index (χ1n) is 7.85. The van der Waals surface area contributed by atoms with Gasteiger partial charge in [-0.1, -0.05) is 26.2 Å². The van der Waals surface area contributed by atoms with Crippen molar-refractivity contribution < 1.29 is 4.79 Å². The molecule has 2 aliphatic rings. The van der Waals surface area contributed by atoms with Crippen LogP contribution in [0.5, 0.6) is 0 Å². The fraction of sp³-hybridized carbons (Fsp3) is 0.933. The first-order chi connectivity index (χ1) is 8.83. The second-order valence-corrected chi connectivity index (χ2v) is 5.81. The largest absolute Gasteiger partial charge is 0.338 e. The number of hydrogen-bond donors (Lipinski definition) is 1. The van der Waals surface area contributed by atoms with Crippen molar-refractivity contribution in [2.45, 2.75) is 76.8 Å². The first-order valence-corrected chi connectivity index (χ1v) is 7.85. The number of carbonyl (C=O) groups is 1. The molecule has 0 spiro atoms. The number of nitrogens with zero attached hydrogens (tertiary/aromatic N) is 1. The van der Waals surface area contributed by atoms with Crippen LogP contribution in [-0.2, 0) is 4.79 Å². The van der Waals surface area contributed by atoms with Crippen LogP contribution in [0.25, 0.3) is 0 Å². The van der Waals surface area contributed by atoms with E-state index in [0.717, 1.165) is 25.9 Å². The number of rotatable bonds is 6. The summed E-state index contributed by atoms with van der Waals surface area (Å²) in [6, 6.07) is 1.07. The van der Waals surface area contributed by atoms with Crippen molar-refractivity contribution >= 4 is 5.91 Å². The van der Waals surface area contributed by atoms with Crippen molar-refractivity contribution in [1.29, 1.82) is 0 Å². The van der Waals surface area contributed by atoms with Gasteiger partial charge in [-0.2, -0.15) is 0 Å². The lowest BCUT2D eigenvalue weighted by Crippen LogP contribution is -2.46. The fourth-order valence-electron chi connectivity index (χ4n) is 3.41. The minimum absolute atomic E-state index is 0.405. The van der Waals surface area contributed by atoms with Gasteiger partial charge in [-0.15, -0.1) is 0 Å². The van der Waals surface area contributed by atoms with Crippen LogP contribution in [-0.4, -0.2) is 36.0 Å². The highest BCUT2D eigenvalue weighted by molar-refractivity contribution is 5.76. The van der Waals surface area contributed by atoms with Crippen molar-refractivity contribution in [2.75, 3.05) is 13.1 Å². The lowest BCUT2D eigenvalue weighted by atomic mass is 10.0. The van der Waals surface area contributed by atoms with E-state index in [2.05, 4.69) is 17.1 Å². The minimum atomic E-state index is 0.405. The van der Waals surface area contributed by atoms with Gasteiger partial charge in [-0.05, 0) is 38.6 Å². The van der Waals surface area contributed by atoms with Crippen LogP contribution in [0.2, 0.25) is 0 Å². The average molecular weight is 252 g/mol. The van der Waals surface area contributed by atoms with Crippen molar-refractivity contribution in [2.24, 2.45) is 0 Å². The van der Waals surface area contributed by atoms with Gasteiger partial charge in [0.15, 0.2) is 0 Å². The summed E-state index contributed by atoms with van der Waals surface area (Å²) in [5.74, 6) is 0.405. The Kier molecular flexibility index (Phi) is 5.48. The van der Waals surface area contributed by atoms with E-state index in [9.17, 15) is 4.79 Å². The van der Waals surface area contributed by atoms with E-state index in [1.165, 1.54) is 44.9 Å². The fourth-order valence-corrected chi connectivity index (χ4v) is 3.41. The maximum atomic E-state index is 12.3. The third kappa shape index (κ3) is 3.47. The van der Waals surface area contributed by atoms with Gasteiger partial charge in [0.2, 0.25) is 5.91 Å². The number of hydrogen-bond acceptors (Lipinski definition) is 2. The molecule has 2 atom stereocenters. The quantitative estimate of drug-likeness (QED) is 0.737. The summed E-state index contributed by atoms with van der Waals surface area (Å²) in [6.45, 7) is 4.35. The standard InChI is InChI=1S/C15H28N2O/c1-2-3-4-5-10-15(18)17-12-7-9-14(17)13-8-6-11-16-13/h13-14,16H,2-12H2,1H3. The number of unbranched alkanes of at least 4 members (excludes halogenated alkanes) is 3. The van der Waals surface area contributed by atoms with Gasteiger partial charge >= 0.3 is 0 Å². The highest BCUT2D eigenvalue weighted by Crippen LogP contribution is 2.25. The van der Waals surface area contributed by atoms with Crippen LogP contribution >= 0.6 is 0 Å². The van der Waals surface area contributed by atoms with Gasteiger partial charge in [0.1, 0.15) is 0 Å². The molecule has 2 fully saturated rings. The summed E-state index contributed by atoms with van der Waals surface area (Å²) >= 11 is 0. The molecule has 0 aromatic rings. The van der Waals surface area contributed by atoms with Gasteiger partial charge in [0.05, 0.1) is 0 Å². The molecule has 3 nitrogen and oxygen atoms in total. The normalized spacial score (nSPS) is 27.9. The van der Waals surface area contributed by atoms with Crippen LogP contribution in [0, 0.1) is 0 Å². The molecule has 18 heavy (non-hydrogen) atoms. The van der Waals surface area contributed by atoms with Crippen LogP contribution in [0.4, 0.5) is 0 Å². The summed E-state index contributed by atoms with van der Waals surface area (Å²) in [7, 11) is 0. The summed E-state index contributed by atoms with van der Waals surface area (Å²) in [4.78, 5) is 14.4. The molecule has 2 heterocycles. The van der Waals surface area contributed by atoms with Crippen LogP contribution in [0.15, 0.2) is 0 Å². The molecule has 1 amide bonds. The lowest BCUT2D eigenvalue weighted by Gasteiger charge is -2.29. The first kappa shape index (κ1) is 13.9. The zero-order chi connectivity index (χ0) is 12.8. The van der Waals surface area contributed by atoms with Gasteiger partial charge < -0.3 is 10.2 Å². The Balaban J connectivity index is 1.77. The molecule has 2 unspecified atom stereocenters. The number of nitrogens with one attached hydrogen (secondary N) is 1. The zero-order valence-corrected chi connectivity index (χ0v) is 11.8. The van der Waals surface area contributed by atoms with Crippen LogP contribution in [0.3, 0.4) is 0 Å². The molecule has 0 saturated carbocycles. The summed E-state index contributed by atoms with van der Waals surface area (Å²) in [5, 5.41) is 3.57. The lowest BCUT2D eigenvalue weighted by molar-refractivity contribution is -0.132. The number of likely N-dealkylation sites (tertiary alicyclic amines) is 1. The molecule has 0 aliphatic carbocycles. The Morgan fingerprint density at radius 3 is 2.83 bits per heavy atom. The van der Waals surface area contributed by atoms with E-state index in [1.54, 1.807) is 0 Å². The van der Waals surface area contributed by atoms with E-state index in [4.69, 9.17) is 0 Å². The van der Waals surface area contributed by atoms with Crippen molar-refractivity contribution in [1.82, 2.24) is 10.2 Å². The van der Waals surface area contributed by atoms with Crippen molar-refractivity contribution in [3.63, 3.8) is 0 Å². The smallest absolute Gasteiger partial charge is 0.222 e. The SMILES string of the molecule is CCCCCCC(=O)N1CCCC1C1CCCN1. The molecule has 2 aliphatic heterocycles. The summed E-state index contributed by atoms with van der Waals surface area (Å²) < 4.78 is 0. The van der Waals surface area contributed by atoms with E-state index in [-0.39, 0.29) is 0 Å². The van der Waals surface area contributed by atoms with E-state index < -0.39 is 0 Å². The van der Waals surface area contributed by atoms with Gasteiger partial charge in [0.25, 0.3) is 0 Å². The zero-order valence-electron chi connectivity index (χ0n) is 11.8. The predicted octanol–water partition coefficient (Wildman–Crippen LogP) is 2.70. The Morgan fingerprint density at radius 2 is 2.11 bits per heavy atom. The van der Waals surface area contributed by atoms with Crippen LogP contribution < -0.4 is 5.32 Å². The molecular weight excluding hydrogens is 224 g/mol. The topological polar surface area (TPSA) is 32.3 Å². The second-order valence-electron chi connectivity index (χ2n) is 5.81. The molecule has 104 valence electrons. The Morgan fingerprint density at radius 1 is 1.22 bits per heavy atom. The Hall–Kier alpha value is -0.570. The maximum Gasteiger partial charge on any atom is 0.222 e. The molecule has 2 rings (SSSR count). The predicted molar refractivity (Wildman–Crippen MR) is 74.5 cm³/mol. The highest BCUT2D eigenvalue weighted by atomic mass is 16.2. The number of carbonyl (C=O) groups excluding carboxylic acids is 1. The highest BCUT2D eigenvalue weighted by Gasteiger charge is 2.35. The maximum absolute atomic E-state index is 12.3. The molecule has 0 aromatic heterocycles. The molecule has 0 bridgehead atoms. The summed E-state index contributed by atoms with van der Waals surface area (Å²) in [5.41, 5.74) is 0. The van der Waals surface area contributed by atoms with E-state index >= 15 is 0 Å². The van der Waals surface area contributed by atoms with Gasteiger partial charge in [-0.25, -0.2) is 0 Å². The van der Waals surface area contributed by atoms with Gasteiger partial charge in [-0.3, -0.25) is 4.79 Å². The van der Waals surface area contributed by atoms with E-state index in [0.29, 0.717) is 18.0 Å². The molecule has 1 N–H and O–H groups in total. The third-order valence-electron chi connectivity index (χ3n) is 4.43. The van der Waals surface area contributed by atoms with Crippen molar-refractivity contribution in [3.8, 4) is 0 Å². The molecule has 0 radical (unpaired) electrons. The van der Waals surface area contributed by atoms with E-state index in [1.807, 2.05) is 0 Å². The molecular formula is C15H28N2O. The summed E-state index contributed by atoms with van der Waals surface area (Å²) in [6.07, 6.45) is 10.5. The monoisotopic (exact) mass is 252 g/mol. The Bertz CT molecular complexity index is 261. The second kappa shape index (κ2) is 7.13. The van der Waals surface area contributed by atoms with Gasteiger partial charge in [0, 0.05) is 25.0 Å². The van der Waals surface area contributed by atoms with Crippen molar-refractivity contribution in [3.05, 3.63) is 0 Å². The Labute approximate surface area is 111 Å². The molecule has 2 saturated heterocycles. The molecule has 3 heteroatoms. The number of amides is 1. The minimum Gasteiger partial charge on any atom is -0.338 e. The third-order valence-corrected chi connectivity index (χ3v) is 4.43. The average Bonchev–Trinajstić information content (AvgIpc) is 3.02. The van der Waals surface area contributed by atoms with Crippen LogP contribution in [0.1, 0.15) is 64.7 Å². The molecule has 0 aromatic carbocycles.